The van der Waals surface area contributed by atoms with Gasteiger partial charge in [-0.1, -0.05) is 24.6 Å². The zero-order chi connectivity index (χ0) is 16.4. The van der Waals surface area contributed by atoms with Crippen molar-refractivity contribution in [1.29, 1.82) is 0 Å². The average Bonchev–Trinajstić information content (AvgIpc) is 3.12. The lowest BCUT2D eigenvalue weighted by atomic mass is 9.94. The maximum atomic E-state index is 13.7. The van der Waals surface area contributed by atoms with E-state index in [0.717, 1.165) is 5.75 Å². The van der Waals surface area contributed by atoms with Crippen molar-refractivity contribution in [3.63, 3.8) is 0 Å². The van der Waals surface area contributed by atoms with E-state index in [1.165, 1.54) is 25.0 Å². The molecule has 126 valence electrons. The van der Waals surface area contributed by atoms with Gasteiger partial charge >= 0.3 is 0 Å². The summed E-state index contributed by atoms with van der Waals surface area (Å²) < 4.78 is 19.6. The van der Waals surface area contributed by atoms with Crippen molar-refractivity contribution in [2.24, 2.45) is 5.92 Å². The Labute approximate surface area is 145 Å². The average molecular weight is 358 g/mol. The minimum absolute atomic E-state index is 0.00540. The van der Waals surface area contributed by atoms with Gasteiger partial charge in [0.15, 0.2) is 0 Å². The fourth-order valence-electron chi connectivity index (χ4n) is 3.07. The Morgan fingerprint density at radius 2 is 2.30 bits per heavy atom. The molecule has 2 atom stereocenters. The van der Waals surface area contributed by atoms with Crippen molar-refractivity contribution in [2.45, 2.75) is 37.0 Å². The number of thioether (sulfide) groups is 1. The number of rotatable bonds is 6. The molecule has 2 fully saturated rings. The molecule has 3 rings (SSSR count). The SMILES string of the molecule is CCSC1(CNC(=O)[C@@H]2CCO[C@H]2c2ccc(Cl)c(F)c2)CC1. The van der Waals surface area contributed by atoms with E-state index in [2.05, 4.69) is 12.2 Å². The first kappa shape index (κ1) is 17.1. The Hall–Kier alpha value is -0.780. The Kier molecular flexibility index (Phi) is 5.19. The number of nitrogens with one attached hydrogen (secondary N) is 1. The quantitative estimate of drug-likeness (QED) is 0.837. The molecule has 1 aromatic rings. The lowest BCUT2D eigenvalue weighted by molar-refractivity contribution is -0.126. The van der Waals surface area contributed by atoms with E-state index in [9.17, 15) is 9.18 Å². The summed E-state index contributed by atoms with van der Waals surface area (Å²) in [5.41, 5.74) is 0.675. The van der Waals surface area contributed by atoms with E-state index in [0.29, 0.717) is 25.1 Å². The van der Waals surface area contributed by atoms with Crippen LogP contribution in [0.4, 0.5) is 4.39 Å². The van der Waals surface area contributed by atoms with E-state index in [-0.39, 0.29) is 21.6 Å². The van der Waals surface area contributed by atoms with Crippen LogP contribution in [-0.4, -0.2) is 29.6 Å². The van der Waals surface area contributed by atoms with Crippen molar-refractivity contribution in [1.82, 2.24) is 5.32 Å². The fraction of sp³-hybridized carbons (Fsp3) is 0.588. The van der Waals surface area contributed by atoms with Crippen LogP contribution in [0, 0.1) is 11.7 Å². The molecule has 1 saturated heterocycles. The first-order valence-corrected chi connectivity index (χ1v) is 9.39. The standard InChI is InChI=1S/C17H21ClFNO2S/c1-2-23-17(6-7-17)10-20-16(21)12-5-8-22-15(12)11-3-4-13(18)14(19)9-11/h3-4,9,12,15H,2,5-8,10H2,1H3,(H,20,21)/t12-,15+/m1/s1. The van der Waals surface area contributed by atoms with Crippen LogP contribution in [0.15, 0.2) is 18.2 Å². The summed E-state index contributed by atoms with van der Waals surface area (Å²) in [6, 6.07) is 4.62. The van der Waals surface area contributed by atoms with Crippen LogP contribution < -0.4 is 5.32 Å². The molecule has 1 N–H and O–H groups in total. The van der Waals surface area contributed by atoms with Crippen LogP contribution in [0.2, 0.25) is 5.02 Å². The van der Waals surface area contributed by atoms with Crippen LogP contribution in [-0.2, 0) is 9.53 Å². The molecule has 0 unspecified atom stereocenters. The predicted molar refractivity (Wildman–Crippen MR) is 91.3 cm³/mol. The number of halogens is 2. The van der Waals surface area contributed by atoms with Gasteiger partial charge in [0.25, 0.3) is 0 Å². The molecule has 1 saturated carbocycles. The molecular weight excluding hydrogens is 337 g/mol. The van der Waals surface area contributed by atoms with Crippen molar-refractivity contribution < 1.29 is 13.9 Å². The first-order chi connectivity index (χ1) is 11.0. The van der Waals surface area contributed by atoms with Gasteiger partial charge in [-0.25, -0.2) is 4.39 Å². The van der Waals surface area contributed by atoms with Crippen molar-refractivity contribution in [2.75, 3.05) is 18.9 Å². The number of hydrogen-bond donors (Lipinski definition) is 1. The molecule has 1 aromatic carbocycles. The Bertz CT molecular complexity index is 594. The molecule has 0 spiro atoms. The number of ether oxygens (including phenoxy) is 1. The minimum Gasteiger partial charge on any atom is -0.373 e. The van der Waals surface area contributed by atoms with Gasteiger partial charge < -0.3 is 10.1 Å². The van der Waals surface area contributed by atoms with Gasteiger partial charge in [-0.2, -0.15) is 11.8 Å². The molecule has 2 aliphatic rings. The molecule has 3 nitrogen and oxygen atoms in total. The Balaban J connectivity index is 1.64. The zero-order valence-corrected chi connectivity index (χ0v) is 14.7. The van der Waals surface area contributed by atoms with Gasteiger partial charge in [0.2, 0.25) is 5.91 Å². The van der Waals surface area contributed by atoms with Crippen molar-refractivity contribution in [3.05, 3.63) is 34.6 Å². The molecule has 0 radical (unpaired) electrons. The van der Waals surface area contributed by atoms with Gasteiger partial charge in [0, 0.05) is 17.9 Å². The second-order valence-corrected chi connectivity index (χ2v) is 8.33. The van der Waals surface area contributed by atoms with Gasteiger partial charge in [0.1, 0.15) is 5.82 Å². The predicted octanol–water partition coefficient (Wildman–Crippen LogP) is 3.96. The van der Waals surface area contributed by atoms with Crippen LogP contribution in [0.25, 0.3) is 0 Å². The highest BCUT2D eigenvalue weighted by Gasteiger charge is 2.44. The number of amides is 1. The molecule has 1 amide bonds. The van der Waals surface area contributed by atoms with Gasteiger partial charge in [0.05, 0.1) is 17.0 Å². The molecule has 0 aromatic heterocycles. The van der Waals surface area contributed by atoms with E-state index >= 15 is 0 Å². The fourth-order valence-corrected chi connectivity index (χ4v) is 4.37. The van der Waals surface area contributed by atoms with Crippen LogP contribution in [0.3, 0.4) is 0 Å². The number of carbonyl (C=O) groups is 1. The second kappa shape index (κ2) is 6.99. The Morgan fingerprint density at radius 3 is 2.96 bits per heavy atom. The number of carbonyl (C=O) groups excluding carboxylic acids is 1. The highest BCUT2D eigenvalue weighted by molar-refractivity contribution is 8.00. The topological polar surface area (TPSA) is 38.3 Å². The van der Waals surface area contributed by atoms with Crippen molar-refractivity contribution in [3.8, 4) is 0 Å². The van der Waals surface area contributed by atoms with E-state index in [1.54, 1.807) is 6.07 Å². The lowest BCUT2D eigenvalue weighted by Gasteiger charge is -2.21. The van der Waals surface area contributed by atoms with E-state index < -0.39 is 11.9 Å². The highest BCUT2D eigenvalue weighted by atomic mass is 35.5. The van der Waals surface area contributed by atoms with E-state index in [1.807, 2.05) is 11.8 Å². The van der Waals surface area contributed by atoms with E-state index in [4.69, 9.17) is 16.3 Å². The summed E-state index contributed by atoms with van der Waals surface area (Å²) in [5.74, 6) is 0.327. The summed E-state index contributed by atoms with van der Waals surface area (Å²) >= 11 is 7.65. The summed E-state index contributed by atoms with van der Waals surface area (Å²) in [7, 11) is 0. The van der Waals surface area contributed by atoms with Crippen molar-refractivity contribution >= 4 is 29.3 Å². The summed E-state index contributed by atoms with van der Waals surface area (Å²) in [5, 5.41) is 3.16. The first-order valence-electron chi connectivity index (χ1n) is 8.03. The molecular formula is C17H21ClFNO2S. The molecule has 6 heteroatoms. The third-order valence-corrected chi connectivity index (χ3v) is 6.30. The van der Waals surface area contributed by atoms with Gasteiger partial charge in [-0.3, -0.25) is 4.79 Å². The van der Waals surface area contributed by atoms with Crippen LogP contribution in [0.1, 0.15) is 37.9 Å². The summed E-state index contributed by atoms with van der Waals surface area (Å²) in [6.07, 6.45) is 2.60. The number of benzene rings is 1. The second-order valence-electron chi connectivity index (χ2n) is 6.19. The highest BCUT2D eigenvalue weighted by Crippen LogP contribution is 2.48. The van der Waals surface area contributed by atoms with Gasteiger partial charge in [-0.15, -0.1) is 0 Å². The largest absolute Gasteiger partial charge is 0.373 e. The van der Waals surface area contributed by atoms with Crippen LogP contribution >= 0.6 is 23.4 Å². The zero-order valence-electron chi connectivity index (χ0n) is 13.1. The monoisotopic (exact) mass is 357 g/mol. The third kappa shape index (κ3) is 3.83. The maximum absolute atomic E-state index is 13.7. The molecule has 1 aliphatic carbocycles. The van der Waals surface area contributed by atoms with Gasteiger partial charge in [-0.05, 0) is 42.7 Å². The third-order valence-electron chi connectivity index (χ3n) is 4.54. The normalized spacial score (nSPS) is 25.3. The summed E-state index contributed by atoms with van der Waals surface area (Å²) in [4.78, 5) is 12.5. The summed E-state index contributed by atoms with van der Waals surface area (Å²) in [6.45, 7) is 3.37. The van der Waals surface area contributed by atoms with Crippen LogP contribution in [0.5, 0.6) is 0 Å². The lowest BCUT2D eigenvalue weighted by Crippen LogP contribution is -2.37. The number of hydrogen-bond acceptors (Lipinski definition) is 3. The molecule has 23 heavy (non-hydrogen) atoms. The maximum Gasteiger partial charge on any atom is 0.226 e. The Morgan fingerprint density at radius 1 is 1.52 bits per heavy atom. The molecule has 0 bridgehead atoms. The minimum atomic E-state index is -0.477. The molecule has 1 heterocycles. The molecule has 1 aliphatic heterocycles. The smallest absolute Gasteiger partial charge is 0.226 e.